The number of fused-ring (bicyclic) bond motifs is 1. The Hall–Kier alpha value is -2.31. The van der Waals surface area contributed by atoms with Gasteiger partial charge in [0.15, 0.2) is 5.82 Å². The molecular formula is C15H16N4O2. The number of rotatable bonds is 4. The molecule has 2 heterocycles. The maximum atomic E-state index is 6.10. The van der Waals surface area contributed by atoms with Crippen LogP contribution in [0.3, 0.4) is 0 Å². The largest absolute Gasteiger partial charge is 0.382 e. The van der Waals surface area contributed by atoms with Gasteiger partial charge in [-0.1, -0.05) is 29.4 Å². The molecule has 1 unspecified atom stereocenters. The molecule has 0 aliphatic rings. The Bertz CT molecular complexity index is 767. The van der Waals surface area contributed by atoms with Crippen LogP contribution in [0, 0.1) is 0 Å². The maximum absolute atomic E-state index is 6.10. The highest BCUT2D eigenvalue weighted by Crippen LogP contribution is 2.22. The average molecular weight is 284 g/mol. The third kappa shape index (κ3) is 2.63. The Labute approximate surface area is 121 Å². The van der Waals surface area contributed by atoms with Crippen LogP contribution in [0.1, 0.15) is 12.7 Å². The van der Waals surface area contributed by atoms with Crippen LogP contribution in [-0.4, -0.2) is 28.8 Å². The predicted octanol–water partition coefficient (Wildman–Crippen LogP) is 2.11. The van der Waals surface area contributed by atoms with Gasteiger partial charge in [0.25, 0.3) is 5.89 Å². The van der Waals surface area contributed by atoms with Gasteiger partial charge in [0.1, 0.15) is 11.2 Å². The monoisotopic (exact) mass is 284 g/mol. The van der Waals surface area contributed by atoms with Gasteiger partial charge in [0, 0.05) is 12.5 Å². The molecule has 0 fully saturated rings. The molecule has 2 aromatic heterocycles. The molecule has 1 aromatic carbocycles. The molecular weight excluding hydrogens is 268 g/mol. The van der Waals surface area contributed by atoms with Crippen molar-refractivity contribution < 1.29 is 9.26 Å². The minimum atomic E-state index is -0.798. The molecule has 0 bridgehead atoms. The lowest BCUT2D eigenvalue weighted by molar-refractivity contribution is 0.135. The molecule has 108 valence electrons. The Kier molecular flexibility index (Phi) is 3.40. The molecule has 0 aliphatic heterocycles. The first-order valence-corrected chi connectivity index (χ1v) is 6.58. The SMILES string of the molecule is COCC(C)(N)c1noc(-c2ccc3ccccc3n2)n1. The molecule has 6 heteroatoms. The number of para-hydroxylation sites is 1. The second kappa shape index (κ2) is 5.23. The lowest BCUT2D eigenvalue weighted by Gasteiger charge is -2.18. The number of benzene rings is 1. The summed E-state index contributed by atoms with van der Waals surface area (Å²) in [6, 6.07) is 11.7. The van der Waals surface area contributed by atoms with Crippen molar-refractivity contribution in [3.05, 3.63) is 42.2 Å². The topological polar surface area (TPSA) is 87.1 Å². The van der Waals surface area contributed by atoms with Gasteiger partial charge in [-0.25, -0.2) is 4.98 Å². The molecule has 0 spiro atoms. The summed E-state index contributed by atoms with van der Waals surface area (Å²) < 4.78 is 10.3. The highest BCUT2D eigenvalue weighted by atomic mass is 16.5. The summed E-state index contributed by atoms with van der Waals surface area (Å²) >= 11 is 0. The summed E-state index contributed by atoms with van der Waals surface area (Å²) in [7, 11) is 1.58. The van der Waals surface area contributed by atoms with Gasteiger partial charge in [0.05, 0.1) is 12.1 Å². The number of nitrogens with zero attached hydrogens (tertiary/aromatic N) is 3. The first kappa shape index (κ1) is 13.7. The molecule has 6 nitrogen and oxygen atoms in total. The van der Waals surface area contributed by atoms with Crippen LogP contribution in [0.15, 0.2) is 40.9 Å². The van der Waals surface area contributed by atoms with E-state index in [9.17, 15) is 0 Å². The van der Waals surface area contributed by atoms with Crippen LogP contribution in [0.4, 0.5) is 0 Å². The number of hydrogen-bond donors (Lipinski definition) is 1. The van der Waals surface area contributed by atoms with E-state index in [1.54, 1.807) is 14.0 Å². The number of ether oxygens (including phenoxy) is 1. The van der Waals surface area contributed by atoms with Crippen molar-refractivity contribution >= 4 is 10.9 Å². The molecule has 3 aromatic rings. The zero-order valence-electron chi connectivity index (χ0n) is 11.9. The highest BCUT2D eigenvalue weighted by molar-refractivity contribution is 5.80. The summed E-state index contributed by atoms with van der Waals surface area (Å²) in [6.07, 6.45) is 0. The smallest absolute Gasteiger partial charge is 0.276 e. The Balaban J connectivity index is 1.98. The van der Waals surface area contributed by atoms with Crippen molar-refractivity contribution in [2.75, 3.05) is 13.7 Å². The Morgan fingerprint density at radius 1 is 1.19 bits per heavy atom. The van der Waals surface area contributed by atoms with Crippen LogP contribution in [-0.2, 0) is 10.3 Å². The van der Waals surface area contributed by atoms with E-state index in [0.29, 0.717) is 24.0 Å². The summed E-state index contributed by atoms with van der Waals surface area (Å²) in [5.41, 5.74) is 6.80. The van der Waals surface area contributed by atoms with Gasteiger partial charge in [-0.05, 0) is 19.1 Å². The number of nitrogens with two attached hydrogens (primary N) is 1. The van der Waals surface area contributed by atoms with Crippen molar-refractivity contribution in [3.8, 4) is 11.6 Å². The zero-order valence-corrected chi connectivity index (χ0v) is 11.9. The van der Waals surface area contributed by atoms with Crippen LogP contribution < -0.4 is 5.73 Å². The van der Waals surface area contributed by atoms with E-state index < -0.39 is 5.54 Å². The van der Waals surface area contributed by atoms with E-state index in [2.05, 4.69) is 15.1 Å². The summed E-state index contributed by atoms with van der Waals surface area (Å²) in [5.74, 6) is 0.748. The zero-order chi connectivity index (χ0) is 14.9. The minimum absolute atomic E-state index is 0.303. The standard InChI is InChI=1S/C15H16N4O2/c1-15(16,9-20-2)14-18-13(21-19-14)12-8-7-10-5-3-4-6-11(10)17-12/h3-8H,9,16H2,1-2H3. The van der Waals surface area contributed by atoms with Gasteiger partial charge in [-0.2, -0.15) is 4.98 Å². The molecule has 21 heavy (non-hydrogen) atoms. The summed E-state index contributed by atoms with van der Waals surface area (Å²) in [6.45, 7) is 2.09. The summed E-state index contributed by atoms with van der Waals surface area (Å²) in [5, 5.41) is 4.99. The molecule has 0 amide bonds. The Morgan fingerprint density at radius 2 is 2.00 bits per heavy atom. The molecule has 1 atom stereocenters. The van der Waals surface area contributed by atoms with Crippen molar-refractivity contribution in [2.24, 2.45) is 5.73 Å². The van der Waals surface area contributed by atoms with Crippen LogP contribution in [0.25, 0.3) is 22.5 Å². The number of pyridine rings is 1. The number of methoxy groups -OCH3 is 1. The molecule has 3 rings (SSSR count). The lowest BCUT2D eigenvalue weighted by Crippen LogP contribution is -2.38. The first-order chi connectivity index (χ1) is 10.1. The normalized spacial score (nSPS) is 14.2. The van der Waals surface area contributed by atoms with E-state index in [-0.39, 0.29) is 0 Å². The van der Waals surface area contributed by atoms with Crippen molar-refractivity contribution in [1.82, 2.24) is 15.1 Å². The van der Waals surface area contributed by atoms with E-state index in [4.69, 9.17) is 15.0 Å². The van der Waals surface area contributed by atoms with Crippen molar-refractivity contribution in [3.63, 3.8) is 0 Å². The average Bonchev–Trinajstić information content (AvgIpc) is 2.97. The second-order valence-corrected chi connectivity index (χ2v) is 5.16. The Morgan fingerprint density at radius 3 is 2.81 bits per heavy atom. The third-order valence-corrected chi connectivity index (χ3v) is 3.20. The molecule has 0 saturated carbocycles. The van der Waals surface area contributed by atoms with Crippen LogP contribution >= 0.6 is 0 Å². The van der Waals surface area contributed by atoms with E-state index in [1.165, 1.54) is 0 Å². The van der Waals surface area contributed by atoms with Gasteiger partial charge < -0.3 is 15.0 Å². The van der Waals surface area contributed by atoms with E-state index in [0.717, 1.165) is 10.9 Å². The van der Waals surface area contributed by atoms with Gasteiger partial charge in [0.2, 0.25) is 0 Å². The van der Waals surface area contributed by atoms with Gasteiger partial charge in [-0.15, -0.1) is 0 Å². The fourth-order valence-electron chi connectivity index (χ4n) is 2.11. The highest BCUT2D eigenvalue weighted by Gasteiger charge is 2.28. The van der Waals surface area contributed by atoms with Gasteiger partial charge in [-0.3, -0.25) is 0 Å². The molecule has 0 aliphatic carbocycles. The van der Waals surface area contributed by atoms with Crippen LogP contribution in [0.2, 0.25) is 0 Å². The fourth-order valence-corrected chi connectivity index (χ4v) is 2.11. The van der Waals surface area contributed by atoms with Gasteiger partial charge >= 0.3 is 0 Å². The fraction of sp³-hybridized carbons (Fsp3) is 0.267. The minimum Gasteiger partial charge on any atom is -0.382 e. The lowest BCUT2D eigenvalue weighted by atomic mass is 10.1. The van der Waals surface area contributed by atoms with Crippen molar-refractivity contribution in [2.45, 2.75) is 12.5 Å². The third-order valence-electron chi connectivity index (χ3n) is 3.20. The quantitative estimate of drug-likeness (QED) is 0.789. The van der Waals surface area contributed by atoms with E-state index in [1.807, 2.05) is 36.4 Å². The molecule has 0 radical (unpaired) electrons. The molecule has 2 N–H and O–H groups in total. The number of aromatic nitrogens is 3. The predicted molar refractivity (Wildman–Crippen MR) is 78.5 cm³/mol. The van der Waals surface area contributed by atoms with Crippen molar-refractivity contribution in [1.29, 1.82) is 0 Å². The van der Waals surface area contributed by atoms with E-state index >= 15 is 0 Å². The molecule has 0 saturated heterocycles. The number of hydrogen-bond acceptors (Lipinski definition) is 6. The van der Waals surface area contributed by atoms with Crippen LogP contribution in [0.5, 0.6) is 0 Å². The summed E-state index contributed by atoms with van der Waals surface area (Å²) in [4.78, 5) is 8.85. The first-order valence-electron chi connectivity index (χ1n) is 6.58. The second-order valence-electron chi connectivity index (χ2n) is 5.16. The maximum Gasteiger partial charge on any atom is 0.276 e.